The Morgan fingerprint density at radius 3 is 2.48 bits per heavy atom. The van der Waals surface area contributed by atoms with Crippen molar-refractivity contribution in [1.29, 1.82) is 0 Å². The zero-order valence-electron chi connectivity index (χ0n) is 14.0. The van der Waals surface area contributed by atoms with Crippen molar-refractivity contribution in [1.82, 2.24) is 4.90 Å². The van der Waals surface area contributed by atoms with E-state index in [0.29, 0.717) is 12.5 Å². The van der Waals surface area contributed by atoms with Crippen LogP contribution in [0.4, 0.5) is 10.5 Å². The van der Waals surface area contributed by atoms with Gasteiger partial charge in [0.2, 0.25) is 0 Å². The molecule has 5 heteroatoms. The van der Waals surface area contributed by atoms with Crippen LogP contribution in [0.1, 0.15) is 31.2 Å². The highest BCUT2D eigenvalue weighted by atomic mass is 35.5. The van der Waals surface area contributed by atoms with E-state index in [1.54, 1.807) is 0 Å². The van der Waals surface area contributed by atoms with Gasteiger partial charge in [0.05, 0.1) is 6.61 Å². The van der Waals surface area contributed by atoms with Crippen molar-refractivity contribution in [2.75, 3.05) is 43.6 Å². The fraction of sp³-hybridized carbons (Fsp3) is 0.611. The van der Waals surface area contributed by atoms with Gasteiger partial charge in [0.25, 0.3) is 0 Å². The van der Waals surface area contributed by atoms with E-state index in [4.69, 9.17) is 16.3 Å². The number of hydrogen-bond donors (Lipinski definition) is 0. The Balaban J connectivity index is 1.68. The maximum atomic E-state index is 12.1. The van der Waals surface area contributed by atoms with Crippen LogP contribution in [0.5, 0.6) is 0 Å². The number of benzene rings is 1. The maximum Gasteiger partial charge on any atom is 0.409 e. The number of unbranched alkanes of at least 4 members (excludes halogenated alkanes) is 3. The molecule has 0 aliphatic carbocycles. The first-order valence-electron chi connectivity index (χ1n) is 8.50. The fourth-order valence-electron chi connectivity index (χ4n) is 2.85. The van der Waals surface area contributed by atoms with E-state index < -0.39 is 0 Å². The molecule has 0 unspecified atom stereocenters. The Morgan fingerprint density at radius 1 is 1.09 bits per heavy atom. The van der Waals surface area contributed by atoms with Gasteiger partial charge in [0.15, 0.2) is 0 Å². The number of hydrogen-bond acceptors (Lipinski definition) is 3. The molecule has 1 amide bonds. The van der Waals surface area contributed by atoms with Crippen LogP contribution < -0.4 is 4.90 Å². The summed E-state index contributed by atoms with van der Waals surface area (Å²) in [6.45, 7) is 5.80. The van der Waals surface area contributed by atoms with Gasteiger partial charge < -0.3 is 14.5 Å². The van der Waals surface area contributed by atoms with Gasteiger partial charge in [-0.2, -0.15) is 0 Å². The molecule has 2 rings (SSSR count). The summed E-state index contributed by atoms with van der Waals surface area (Å²) < 4.78 is 5.36. The summed E-state index contributed by atoms with van der Waals surface area (Å²) in [6, 6.07) is 8.39. The molecule has 0 atom stereocenters. The number of alkyl halides is 1. The summed E-state index contributed by atoms with van der Waals surface area (Å²) in [7, 11) is 0. The van der Waals surface area contributed by atoms with E-state index in [0.717, 1.165) is 51.9 Å². The number of rotatable bonds is 7. The molecule has 1 aliphatic heterocycles. The number of piperazine rings is 1. The molecule has 0 N–H and O–H groups in total. The molecular weight excluding hydrogens is 312 g/mol. The molecule has 1 saturated heterocycles. The van der Waals surface area contributed by atoms with Crippen molar-refractivity contribution < 1.29 is 9.53 Å². The molecule has 1 fully saturated rings. The highest BCUT2D eigenvalue weighted by Gasteiger charge is 2.22. The summed E-state index contributed by atoms with van der Waals surface area (Å²) in [5, 5.41) is 0. The van der Waals surface area contributed by atoms with Crippen LogP contribution in [0.25, 0.3) is 0 Å². The van der Waals surface area contributed by atoms with Gasteiger partial charge in [0, 0.05) is 37.7 Å². The van der Waals surface area contributed by atoms with E-state index in [1.165, 1.54) is 11.3 Å². The Hall–Kier alpha value is -1.42. The van der Waals surface area contributed by atoms with E-state index in [1.807, 2.05) is 4.90 Å². The van der Waals surface area contributed by atoms with Crippen molar-refractivity contribution in [2.45, 2.75) is 32.6 Å². The predicted octanol–water partition coefficient (Wildman–Crippen LogP) is 4.05. The summed E-state index contributed by atoms with van der Waals surface area (Å²) in [6.07, 6.45) is 3.96. The zero-order chi connectivity index (χ0) is 16.5. The second-order valence-corrected chi connectivity index (χ2v) is 6.36. The smallest absolute Gasteiger partial charge is 0.409 e. The summed E-state index contributed by atoms with van der Waals surface area (Å²) >= 11 is 5.64. The summed E-state index contributed by atoms with van der Waals surface area (Å²) in [4.78, 5) is 16.2. The number of amides is 1. The third-order valence-corrected chi connectivity index (χ3v) is 4.51. The molecule has 0 aromatic heterocycles. The lowest BCUT2D eigenvalue weighted by Gasteiger charge is -2.36. The van der Waals surface area contributed by atoms with Gasteiger partial charge in [-0.25, -0.2) is 4.79 Å². The third kappa shape index (κ3) is 5.61. The molecule has 0 radical (unpaired) electrons. The first-order valence-corrected chi connectivity index (χ1v) is 9.04. The molecule has 1 aliphatic rings. The van der Waals surface area contributed by atoms with Crippen LogP contribution in [0.2, 0.25) is 0 Å². The molecule has 4 nitrogen and oxygen atoms in total. The van der Waals surface area contributed by atoms with Gasteiger partial charge in [-0.15, -0.1) is 11.6 Å². The lowest BCUT2D eigenvalue weighted by molar-refractivity contribution is 0.0985. The van der Waals surface area contributed by atoms with Crippen molar-refractivity contribution in [2.24, 2.45) is 0 Å². The van der Waals surface area contributed by atoms with Gasteiger partial charge in [-0.1, -0.05) is 31.0 Å². The first-order chi connectivity index (χ1) is 11.2. The van der Waals surface area contributed by atoms with E-state index >= 15 is 0 Å². The van der Waals surface area contributed by atoms with Gasteiger partial charge >= 0.3 is 6.09 Å². The Morgan fingerprint density at radius 2 is 1.78 bits per heavy atom. The molecule has 1 aromatic rings. The number of anilines is 1. The van der Waals surface area contributed by atoms with Crippen molar-refractivity contribution in [3.05, 3.63) is 29.8 Å². The second kappa shape index (κ2) is 9.66. The Kier molecular flexibility index (Phi) is 7.53. The third-order valence-electron chi connectivity index (χ3n) is 4.25. The minimum Gasteiger partial charge on any atom is -0.449 e. The van der Waals surface area contributed by atoms with Crippen LogP contribution in [0.15, 0.2) is 24.3 Å². The molecule has 23 heavy (non-hydrogen) atoms. The standard InChI is InChI=1S/C18H27ClN2O2/c1-16-8-4-5-9-17(16)20-11-13-21(14-12-20)18(22)23-15-7-3-2-6-10-19/h4-5,8-9H,2-3,6-7,10-15H2,1H3. The van der Waals surface area contributed by atoms with Gasteiger partial charge in [0.1, 0.15) is 0 Å². The number of para-hydroxylation sites is 1. The molecule has 0 spiro atoms. The average molecular weight is 339 g/mol. The molecule has 0 saturated carbocycles. The lowest BCUT2D eigenvalue weighted by Crippen LogP contribution is -2.49. The zero-order valence-corrected chi connectivity index (χ0v) is 14.7. The van der Waals surface area contributed by atoms with Crippen LogP contribution in [-0.2, 0) is 4.74 Å². The summed E-state index contributed by atoms with van der Waals surface area (Å²) in [5.41, 5.74) is 2.54. The monoisotopic (exact) mass is 338 g/mol. The first kappa shape index (κ1) is 17.9. The minimum absolute atomic E-state index is 0.174. The molecular formula is C18H27ClN2O2. The maximum absolute atomic E-state index is 12.1. The lowest BCUT2D eigenvalue weighted by atomic mass is 10.1. The number of carbonyl (C=O) groups excluding carboxylic acids is 1. The van der Waals surface area contributed by atoms with Crippen LogP contribution >= 0.6 is 11.6 Å². The highest BCUT2D eigenvalue weighted by Crippen LogP contribution is 2.20. The van der Waals surface area contributed by atoms with Gasteiger partial charge in [-0.05, 0) is 31.4 Å². The molecule has 128 valence electrons. The quantitative estimate of drug-likeness (QED) is 0.555. The SMILES string of the molecule is Cc1ccccc1N1CCN(C(=O)OCCCCCCCl)CC1. The normalized spacial score (nSPS) is 14.9. The number of nitrogens with zero attached hydrogens (tertiary/aromatic N) is 2. The van der Waals surface area contributed by atoms with E-state index in [2.05, 4.69) is 36.1 Å². The van der Waals surface area contributed by atoms with E-state index in [9.17, 15) is 4.79 Å². The predicted molar refractivity (Wildman–Crippen MR) is 95.5 cm³/mol. The van der Waals surface area contributed by atoms with Crippen molar-refractivity contribution in [3.8, 4) is 0 Å². The number of aryl methyl sites for hydroxylation is 1. The van der Waals surface area contributed by atoms with Crippen molar-refractivity contribution in [3.63, 3.8) is 0 Å². The van der Waals surface area contributed by atoms with Crippen LogP contribution in [0.3, 0.4) is 0 Å². The number of carbonyl (C=O) groups is 1. The second-order valence-electron chi connectivity index (χ2n) is 5.98. The van der Waals surface area contributed by atoms with Crippen molar-refractivity contribution >= 4 is 23.4 Å². The minimum atomic E-state index is -0.174. The fourth-order valence-corrected chi connectivity index (χ4v) is 3.04. The average Bonchev–Trinajstić information content (AvgIpc) is 2.58. The number of ether oxygens (including phenoxy) is 1. The number of halogens is 1. The highest BCUT2D eigenvalue weighted by molar-refractivity contribution is 6.17. The van der Waals surface area contributed by atoms with Crippen LogP contribution in [-0.4, -0.2) is 49.7 Å². The molecule has 1 aromatic carbocycles. The van der Waals surface area contributed by atoms with E-state index in [-0.39, 0.29) is 6.09 Å². The Labute approximate surface area is 144 Å². The topological polar surface area (TPSA) is 32.8 Å². The Bertz CT molecular complexity index is 488. The van der Waals surface area contributed by atoms with Crippen LogP contribution in [0, 0.1) is 6.92 Å². The molecule has 1 heterocycles. The summed E-state index contributed by atoms with van der Waals surface area (Å²) in [5.74, 6) is 0.713. The molecule has 0 bridgehead atoms. The largest absolute Gasteiger partial charge is 0.449 e. The van der Waals surface area contributed by atoms with Gasteiger partial charge in [-0.3, -0.25) is 0 Å².